The van der Waals surface area contributed by atoms with Gasteiger partial charge >= 0.3 is 0 Å². The first-order valence-electron chi connectivity index (χ1n) is 6.99. The summed E-state index contributed by atoms with van der Waals surface area (Å²) in [6, 6.07) is 6.17. The van der Waals surface area contributed by atoms with Gasteiger partial charge in [0.25, 0.3) is 0 Å². The Labute approximate surface area is 122 Å². The maximum absolute atomic E-state index is 6.10. The van der Waals surface area contributed by atoms with Crippen molar-refractivity contribution in [3.05, 3.63) is 28.5 Å². The Hall–Kier alpha value is -0.870. The van der Waals surface area contributed by atoms with Gasteiger partial charge in [0.1, 0.15) is 5.82 Å². The van der Waals surface area contributed by atoms with Crippen LogP contribution in [-0.4, -0.2) is 16.5 Å². The predicted molar refractivity (Wildman–Crippen MR) is 82.2 cm³/mol. The van der Waals surface area contributed by atoms with E-state index in [0.29, 0.717) is 6.54 Å². The molecule has 1 heterocycles. The molecule has 0 spiro atoms. The van der Waals surface area contributed by atoms with Gasteiger partial charge in [-0.15, -0.1) is 0 Å². The Balaban J connectivity index is 2.01. The van der Waals surface area contributed by atoms with Crippen LogP contribution in [0.1, 0.15) is 38.4 Å². The van der Waals surface area contributed by atoms with E-state index in [1.165, 1.54) is 12.8 Å². The quantitative estimate of drug-likeness (QED) is 0.885. The van der Waals surface area contributed by atoms with Gasteiger partial charge in [0.15, 0.2) is 0 Å². The smallest absolute Gasteiger partial charge is 0.114 e. The molecule has 0 radical (unpaired) electrons. The van der Waals surface area contributed by atoms with E-state index in [2.05, 4.69) is 40.0 Å². The van der Waals surface area contributed by atoms with Gasteiger partial charge in [0, 0.05) is 16.4 Å². The first kappa shape index (κ1) is 13.1. The summed E-state index contributed by atoms with van der Waals surface area (Å²) in [5.74, 6) is 1.90. The molecule has 1 aliphatic carbocycles. The minimum Gasteiger partial charge on any atom is -0.341 e. The van der Waals surface area contributed by atoms with Gasteiger partial charge in [-0.1, -0.05) is 22.9 Å². The number of nitrogens with one attached hydrogen (secondary N) is 1. The number of rotatable bonds is 2. The number of nitrogens with two attached hydrogens (primary N) is 1. The van der Waals surface area contributed by atoms with Crippen LogP contribution in [0.25, 0.3) is 11.0 Å². The first-order valence-corrected chi connectivity index (χ1v) is 7.78. The van der Waals surface area contributed by atoms with E-state index in [9.17, 15) is 0 Å². The average molecular weight is 322 g/mol. The van der Waals surface area contributed by atoms with Gasteiger partial charge in [-0.25, -0.2) is 4.98 Å². The monoisotopic (exact) mass is 321 g/mol. The van der Waals surface area contributed by atoms with Crippen LogP contribution in [0.2, 0.25) is 0 Å². The van der Waals surface area contributed by atoms with E-state index in [0.717, 1.165) is 40.1 Å². The summed E-state index contributed by atoms with van der Waals surface area (Å²) in [5.41, 5.74) is 8.28. The standard InChI is InChI=1S/C15H20BrN3/c1-10-4-6-15(9-17,7-5-10)14-18-12-3-2-11(16)8-13(12)19-14/h2-3,8,10H,4-7,9,17H2,1H3,(H,18,19). The second kappa shape index (κ2) is 4.91. The minimum atomic E-state index is 0.0536. The largest absolute Gasteiger partial charge is 0.341 e. The molecule has 1 aromatic heterocycles. The molecule has 1 aliphatic rings. The van der Waals surface area contributed by atoms with Gasteiger partial charge in [0.05, 0.1) is 11.0 Å². The third-order valence-corrected chi connectivity index (χ3v) is 5.06. The zero-order chi connectivity index (χ0) is 13.5. The molecule has 2 aromatic rings. The van der Waals surface area contributed by atoms with Gasteiger partial charge in [0.2, 0.25) is 0 Å². The molecule has 1 fully saturated rings. The number of imidazole rings is 1. The molecule has 1 aromatic carbocycles. The van der Waals surface area contributed by atoms with Gasteiger partial charge in [-0.3, -0.25) is 0 Å². The molecule has 19 heavy (non-hydrogen) atoms. The molecule has 0 aliphatic heterocycles. The van der Waals surface area contributed by atoms with Crippen LogP contribution in [0.15, 0.2) is 22.7 Å². The van der Waals surface area contributed by atoms with Gasteiger partial charge in [-0.05, 0) is 49.8 Å². The molecule has 0 amide bonds. The Bertz CT molecular complexity index is 582. The first-order chi connectivity index (χ1) is 9.13. The number of aromatic nitrogens is 2. The van der Waals surface area contributed by atoms with E-state index >= 15 is 0 Å². The average Bonchev–Trinajstić information content (AvgIpc) is 2.83. The molecule has 102 valence electrons. The lowest BCUT2D eigenvalue weighted by molar-refractivity contribution is 0.238. The third kappa shape index (κ3) is 2.32. The Morgan fingerprint density at radius 3 is 2.84 bits per heavy atom. The fourth-order valence-corrected chi connectivity index (χ4v) is 3.45. The van der Waals surface area contributed by atoms with Crippen molar-refractivity contribution in [1.82, 2.24) is 9.97 Å². The molecule has 1 saturated carbocycles. The highest BCUT2D eigenvalue weighted by Gasteiger charge is 2.37. The van der Waals surface area contributed by atoms with Crippen LogP contribution < -0.4 is 5.73 Å². The highest BCUT2D eigenvalue weighted by molar-refractivity contribution is 9.10. The predicted octanol–water partition coefficient (Wildman–Crippen LogP) is 3.73. The molecule has 4 heteroatoms. The molecule has 3 rings (SSSR count). The van der Waals surface area contributed by atoms with Gasteiger partial charge < -0.3 is 10.7 Å². The highest BCUT2D eigenvalue weighted by atomic mass is 79.9. The molecule has 0 atom stereocenters. The molecular weight excluding hydrogens is 302 g/mol. The van der Waals surface area contributed by atoms with Crippen molar-refractivity contribution < 1.29 is 0 Å². The van der Waals surface area contributed by atoms with E-state index < -0.39 is 0 Å². The summed E-state index contributed by atoms with van der Waals surface area (Å²) in [6.07, 6.45) is 4.78. The molecule has 0 saturated heterocycles. The van der Waals surface area contributed by atoms with Crippen LogP contribution in [0.4, 0.5) is 0 Å². The summed E-state index contributed by atoms with van der Waals surface area (Å²) >= 11 is 3.50. The highest BCUT2D eigenvalue weighted by Crippen LogP contribution is 2.40. The lowest BCUT2D eigenvalue weighted by atomic mass is 9.70. The van der Waals surface area contributed by atoms with E-state index in [4.69, 9.17) is 10.7 Å². The number of benzene rings is 1. The van der Waals surface area contributed by atoms with Crippen molar-refractivity contribution in [3.63, 3.8) is 0 Å². The summed E-state index contributed by atoms with van der Waals surface area (Å²) in [5, 5.41) is 0. The maximum Gasteiger partial charge on any atom is 0.114 e. The normalized spacial score (nSPS) is 27.8. The summed E-state index contributed by atoms with van der Waals surface area (Å²) in [4.78, 5) is 8.28. The molecule has 3 N–H and O–H groups in total. The number of hydrogen-bond acceptors (Lipinski definition) is 2. The van der Waals surface area contributed by atoms with Crippen molar-refractivity contribution >= 4 is 27.0 Å². The van der Waals surface area contributed by atoms with Crippen molar-refractivity contribution in [3.8, 4) is 0 Å². The van der Waals surface area contributed by atoms with Crippen LogP contribution in [0, 0.1) is 5.92 Å². The number of aromatic amines is 1. The fraction of sp³-hybridized carbons (Fsp3) is 0.533. The topological polar surface area (TPSA) is 54.7 Å². The number of halogens is 1. The Morgan fingerprint density at radius 2 is 2.16 bits per heavy atom. The number of fused-ring (bicyclic) bond motifs is 1. The number of hydrogen-bond donors (Lipinski definition) is 2. The van der Waals surface area contributed by atoms with Crippen LogP contribution in [0.5, 0.6) is 0 Å². The van der Waals surface area contributed by atoms with E-state index in [-0.39, 0.29) is 5.41 Å². The summed E-state index contributed by atoms with van der Waals surface area (Å²) in [6.45, 7) is 3.01. The lowest BCUT2D eigenvalue weighted by Crippen LogP contribution is -2.39. The maximum atomic E-state index is 6.10. The SMILES string of the molecule is CC1CCC(CN)(c2nc3ccc(Br)cc3[nH]2)CC1. The molecule has 0 bridgehead atoms. The van der Waals surface area contributed by atoms with Crippen LogP contribution in [0.3, 0.4) is 0 Å². The molecule has 3 nitrogen and oxygen atoms in total. The van der Waals surface area contributed by atoms with E-state index in [1.54, 1.807) is 0 Å². The van der Waals surface area contributed by atoms with Crippen molar-refractivity contribution in [2.75, 3.05) is 6.54 Å². The van der Waals surface area contributed by atoms with Crippen LogP contribution >= 0.6 is 15.9 Å². The van der Waals surface area contributed by atoms with Crippen molar-refractivity contribution in [1.29, 1.82) is 0 Å². The van der Waals surface area contributed by atoms with Crippen molar-refractivity contribution in [2.45, 2.75) is 38.0 Å². The lowest BCUT2D eigenvalue weighted by Gasteiger charge is -2.36. The second-order valence-corrected chi connectivity index (χ2v) is 6.83. The zero-order valence-corrected chi connectivity index (χ0v) is 12.8. The second-order valence-electron chi connectivity index (χ2n) is 5.91. The zero-order valence-electron chi connectivity index (χ0n) is 11.2. The van der Waals surface area contributed by atoms with E-state index in [1.807, 2.05) is 6.07 Å². The molecular formula is C15H20BrN3. The summed E-state index contributed by atoms with van der Waals surface area (Å²) < 4.78 is 1.08. The number of H-pyrrole nitrogens is 1. The summed E-state index contributed by atoms with van der Waals surface area (Å²) in [7, 11) is 0. The minimum absolute atomic E-state index is 0.0536. The van der Waals surface area contributed by atoms with Gasteiger partial charge in [-0.2, -0.15) is 0 Å². The Kier molecular flexibility index (Phi) is 3.39. The Morgan fingerprint density at radius 1 is 1.42 bits per heavy atom. The fourth-order valence-electron chi connectivity index (χ4n) is 3.09. The van der Waals surface area contributed by atoms with Crippen molar-refractivity contribution in [2.24, 2.45) is 11.7 Å². The number of nitrogens with zero attached hydrogens (tertiary/aromatic N) is 1. The third-order valence-electron chi connectivity index (χ3n) is 4.57. The van der Waals surface area contributed by atoms with Crippen LogP contribution in [-0.2, 0) is 5.41 Å². The molecule has 0 unspecified atom stereocenters.